The van der Waals surface area contributed by atoms with Crippen LogP contribution in [0.15, 0.2) is 12.7 Å². The molecule has 2 atom stereocenters. The van der Waals surface area contributed by atoms with Crippen molar-refractivity contribution in [2.24, 2.45) is 5.92 Å². The molecule has 1 heterocycles. The number of carbonyl (C=O) groups excluding carboxylic acids is 3. The van der Waals surface area contributed by atoms with Gasteiger partial charge in [0.1, 0.15) is 17.7 Å². The molecule has 1 fully saturated rings. The molecule has 130 valence electrons. The minimum absolute atomic E-state index is 0.0950. The quantitative estimate of drug-likeness (QED) is 0.569. The maximum absolute atomic E-state index is 12.7. The van der Waals surface area contributed by atoms with E-state index in [1.807, 2.05) is 13.8 Å². The molecule has 0 aliphatic carbocycles. The first-order chi connectivity index (χ1) is 10.5. The number of rotatable bonds is 5. The van der Waals surface area contributed by atoms with E-state index in [1.54, 1.807) is 27.8 Å². The van der Waals surface area contributed by atoms with Gasteiger partial charge in [0.2, 0.25) is 11.8 Å². The smallest absolute Gasteiger partial charge is 0.329 e. The van der Waals surface area contributed by atoms with Gasteiger partial charge in [-0.25, -0.2) is 4.79 Å². The fourth-order valence-electron chi connectivity index (χ4n) is 2.64. The van der Waals surface area contributed by atoms with E-state index in [0.29, 0.717) is 13.0 Å². The normalized spacial score (nSPS) is 18.9. The predicted octanol–water partition coefficient (Wildman–Crippen LogP) is 1.60. The lowest BCUT2D eigenvalue weighted by atomic mass is 9.97. The minimum Gasteiger partial charge on any atom is -0.458 e. The van der Waals surface area contributed by atoms with Crippen molar-refractivity contribution < 1.29 is 19.1 Å². The summed E-state index contributed by atoms with van der Waals surface area (Å²) in [5.74, 6) is -1.02. The number of likely N-dealkylation sites (N-methyl/N-ethyl adjacent to an activating group) is 1. The number of hydrogen-bond donors (Lipinski definition) is 0. The van der Waals surface area contributed by atoms with Crippen LogP contribution in [0.2, 0.25) is 0 Å². The van der Waals surface area contributed by atoms with Crippen molar-refractivity contribution in [1.29, 1.82) is 0 Å². The first-order valence-electron chi connectivity index (χ1n) is 7.92. The number of likely N-dealkylation sites (tertiary alicyclic amines) is 1. The van der Waals surface area contributed by atoms with E-state index in [1.165, 1.54) is 15.9 Å². The van der Waals surface area contributed by atoms with Crippen LogP contribution in [-0.4, -0.2) is 58.9 Å². The van der Waals surface area contributed by atoms with Gasteiger partial charge < -0.3 is 14.5 Å². The Morgan fingerprint density at radius 3 is 2.22 bits per heavy atom. The highest BCUT2D eigenvalue weighted by atomic mass is 16.6. The summed E-state index contributed by atoms with van der Waals surface area (Å²) in [6.07, 6.45) is 1.80. The van der Waals surface area contributed by atoms with Gasteiger partial charge in [0.05, 0.1) is 0 Å². The van der Waals surface area contributed by atoms with Crippen LogP contribution in [0.25, 0.3) is 0 Å². The van der Waals surface area contributed by atoms with Gasteiger partial charge in [0.25, 0.3) is 0 Å². The number of esters is 1. The van der Waals surface area contributed by atoms with Gasteiger partial charge in [-0.3, -0.25) is 9.59 Å². The summed E-state index contributed by atoms with van der Waals surface area (Å²) in [6.45, 7) is 13.1. The molecule has 0 N–H and O–H groups in total. The summed E-state index contributed by atoms with van der Waals surface area (Å²) >= 11 is 0. The van der Waals surface area contributed by atoms with Crippen LogP contribution in [0.3, 0.4) is 0 Å². The molecule has 1 unspecified atom stereocenters. The molecule has 1 saturated heterocycles. The standard InChI is InChI=1S/C17H28N2O4/c1-8-13(20)19-10-9-12(19)15(21)18(7)14(11(2)3)16(22)23-17(4,5)6/h8,11-12,14H,1,9-10H2,2-7H3/t12-,14?/m1/s1. The maximum atomic E-state index is 12.7. The summed E-state index contributed by atoms with van der Waals surface area (Å²) < 4.78 is 5.43. The highest BCUT2D eigenvalue weighted by Crippen LogP contribution is 2.23. The van der Waals surface area contributed by atoms with Crippen molar-refractivity contribution in [3.63, 3.8) is 0 Å². The third-order valence-electron chi connectivity index (χ3n) is 3.81. The average Bonchev–Trinajstić information content (AvgIpc) is 2.34. The van der Waals surface area contributed by atoms with Gasteiger partial charge >= 0.3 is 5.97 Å². The number of hydrogen-bond acceptors (Lipinski definition) is 4. The monoisotopic (exact) mass is 324 g/mol. The zero-order chi connectivity index (χ0) is 17.9. The van der Waals surface area contributed by atoms with Crippen LogP contribution in [0, 0.1) is 5.92 Å². The SMILES string of the molecule is C=CC(=O)N1CC[C@@H]1C(=O)N(C)C(C(=O)OC(C)(C)C)C(C)C. The maximum Gasteiger partial charge on any atom is 0.329 e. The van der Waals surface area contributed by atoms with Gasteiger partial charge in [-0.2, -0.15) is 0 Å². The first-order valence-corrected chi connectivity index (χ1v) is 7.92. The van der Waals surface area contributed by atoms with E-state index in [9.17, 15) is 14.4 Å². The van der Waals surface area contributed by atoms with E-state index in [2.05, 4.69) is 6.58 Å². The predicted molar refractivity (Wildman–Crippen MR) is 87.6 cm³/mol. The van der Waals surface area contributed by atoms with E-state index in [-0.39, 0.29) is 17.7 Å². The second-order valence-electron chi connectivity index (χ2n) is 7.21. The molecule has 2 amide bonds. The molecule has 1 aliphatic heterocycles. The Morgan fingerprint density at radius 1 is 1.30 bits per heavy atom. The largest absolute Gasteiger partial charge is 0.458 e. The van der Waals surface area contributed by atoms with Gasteiger partial charge in [0, 0.05) is 13.6 Å². The topological polar surface area (TPSA) is 66.9 Å². The third-order valence-corrected chi connectivity index (χ3v) is 3.81. The van der Waals surface area contributed by atoms with E-state index in [0.717, 1.165) is 0 Å². The Balaban J connectivity index is 2.87. The Kier molecular flexibility index (Phi) is 5.97. The lowest BCUT2D eigenvalue weighted by molar-refractivity contribution is -0.168. The van der Waals surface area contributed by atoms with Crippen molar-refractivity contribution in [1.82, 2.24) is 9.80 Å². The molecule has 6 nitrogen and oxygen atoms in total. The molecule has 1 aliphatic rings. The number of amides is 2. The molecular formula is C17H28N2O4. The number of ether oxygens (including phenoxy) is 1. The van der Waals surface area contributed by atoms with Crippen molar-refractivity contribution in [2.45, 2.75) is 58.7 Å². The summed E-state index contributed by atoms with van der Waals surface area (Å²) in [6, 6.07) is -1.20. The fourth-order valence-corrected chi connectivity index (χ4v) is 2.64. The van der Waals surface area contributed by atoms with Crippen LogP contribution >= 0.6 is 0 Å². The first kappa shape index (κ1) is 19.2. The third kappa shape index (κ3) is 4.56. The molecule has 0 aromatic heterocycles. The summed E-state index contributed by atoms with van der Waals surface area (Å²) in [5, 5.41) is 0. The molecule has 1 rings (SSSR count). The zero-order valence-corrected chi connectivity index (χ0v) is 15.0. The van der Waals surface area contributed by atoms with Crippen LogP contribution in [0.5, 0.6) is 0 Å². The second-order valence-corrected chi connectivity index (χ2v) is 7.21. The molecule has 0 spiro atoms. The van der Waals surface area contributed by atoms with Crippen molar-refractivity contribution in [3.8, 4) is 0 Å². The van der Waals surface area contributed by atoms with E-state index < -0.39 is 23.7 Å². The number of carbonyl (C=O) groups is 3. The Bertz CT molecular complexity index is 493. The Morgan fingerprint density at radius 2 is 1.87 bits per heavy atom. The minimum atomic E-state index is -0.678. The second kappa shape index (κ2) is 7.15. The lowest BCUT2D eigenvalue weighted by Gasteiger charge is -2.42. The van der Waals surface area contributed by atoms with Crippen LogP contribution in [-0.2, 0) is 19.1 Å². The van der Waals surface area contributed by atoms with Crippen molar-refractivity contribution >= 4 is 17.8 Å². The van der Waals surface area contributed by atoms with Gasteiger partial charge in [-0.15, -0.1) is 0 Å². The van der Waals surface area contributed by atoms with Crippen LogP contribution in [0.4, 0.5) is 0 Å². The van der Waals surface area contributed by atoms with E-state index in [4.69, 9.17) is 4.74 Å². The van der Waals surface area contributed by atoms with Gasteiger partial charge in [-0.05, 0) is 39.2 Å². The fraction of sp³-hybridized carbons (Fsp3) is 0.706. The number of nitrogens with zero attached hydrogens (tertiary/aromatic N) is 2. The molecular weight excluding hydrogens is 296 g/mol. The van der Waals surface area contributed by atoms with E-state index >= 15 is 0 Å². The van der Waals surface area contributed by atoms with Gasteiger partial charge in [0.15, 0.2) is 0 Å². The Labute approximate surface area is 138 Å². The van der Waals surface area contributed by atoms with Gasteiger partial charge in [-0.1, -0.05) is 20.4 Å². The van der Waals surface area contributed by atoms with Crippen molar-refractivity contribution in [3.05, 3.63) is 12.7 Å². The lowest BCUT2D eigenvalue weighted by Crippen LogP contribution is -2.61. The Hall–Kier alpha value is -1.85. The van der Waals surface area contributed by atoms with Crippen LogP contribution in [0.1, 0.15) is 41.0 Å². The summed E-state index contributed by atoms with van der Waals surface area (Å²) in [4.78, 5) is 39.7. The molecule has 6 heteroatoms. The molecule has 0 radical (unpaired) electrons. The highest BCUT2D eigenvalue weighted by molar-refractivity contribution is 5.95. The zero-order valence-electron chi connectivity index (χ0n) is 15.0. The van der Waals surface area contributed by atoms with Crippen LogP contribution < -0.4 is 0 Å². The molecule has 0 saturated carbocycles. The summed E-state index contributed by atoms with van der Waals surface area (Å²) in [5.41, 5.74) is -0.616. The molecule has 0 aromatic carbocycles. The summed E-state index contributed by atoms with van der Waals surface area (Å²) in [7, 11) is 1.59. The molecule has 23 heavy (non-hydrogen) atoms. The molecule has 0 bridgehead atoms. The van der Waals surface area contributed by atoms with Crippen molar-refractivity contribution in [2.75, 3.05) is 13.6 Å². The highest BCUT2D eigenvalue weighted by Gasteiger charge is 2.42. The molecule has 0 aromatic rings. The average molecular weight is 324 g/mol.